The van der Waals surface area contributed by atoms with Crippen LogP contribution < -0.4 is 0 Å². The molecule has 0 aliphatic heterocycles. The number of carbonyl (C=O) groups is 1. The molecule has 0 aliphatic carbocycles. The van der Waals surface area contributed by atoms with Gasteiger partial charge in [0, 0.05) is 29.7 Å². The fourth-order valence-corrected chi connectivity index (χ4v) is 3.71. The second-order valence-electron chi connectivity index (χ2n) is 6.53. The number of halogens is 3. The van der Waals surface area contributed by atoms with Crippen molar-refractivity contribution in [2.75, 3.05) is 6.26 Å². The zero-order valence-electron chi connectivity index (χ0n) is 15.4. The number of aliphatic carboxylic acids is 1. The molecule has 0 bridgehead atoms. The molecule has 3 heterocycles. The van der Waals surface area contributed by atoms with Gasteiger partial charge in [0.15, 0.2) is 9.84 Å². The normalized spacial score (nSPS) is 12.4. The lowest BCUT2D eigenvalue weighted by atomic mass is 10.1. The lowest BCUT2D eigenvalue weighted by Gasteiger charge is -2.15. The Morgan fingerprint density at radius 1 is 1.28 bits per heavy atom. The summed E-state index contributed by atoms with van der Waals surface area (Å²) in [7, 11) is -3.87. The Morgan fingerprint density at radius 2 is 1.97 bits per heavy atom. The van der Waals surface area contributed by atoms with Crippen LogP contribution in [-0.2, 0) is 33.8 Å². The van der Waals surface area contributed by atoms with Crippen LogP contribution in [0.5, 0.6) is 0 Å². The predicted octanol–water partition coefficient (Wildman–Crippen LogP) is 2.84. The van der Waals surface area contributed by atoms with E-state index in [1.54, 1.807) is 19.1 Å². The Morgan fingerprint density at radius 3 is 2.55 bits per heavy atom. The van der Waals surface area contributed by atoms with Gasteiger partial charge in [-0.15, -0.1) is 0 Å². The molecule has 29 heavy (non-hydrogen) atoms. The number of alkyl halides is 3. The molecule has 1 N–H and O–H groups in total. The highest BCUT2D eigenvalue weighted by molar-refractivity contribution is 7.90. The van der Waals surface area contributed by atoms with Crippen LogP contribution in [0.2, 0.25) is 0 Å². The molecule has 3 aromatic rings. The molecule has 11 heteroatoms. The van der Waals surface area contributed by atoms with E-state index in [4.69, 9.17) is 5.11 Å². The smallest absolute Gasteiger partial charge is 0.418 e. The average Bonchev–Trinajstić information content (AvgIpc) is 2.86. The van der Waals surface area contributed by atoms with Gasteiger partial charge >= 0.3 is 12.1 Å². The highest BCUT2D eigenvalue weighted by atomic mass is 32.2. The van der Waals surface area contributed by atoms with Crippen molar-refractivity contribution in [1.29, 1.82) is 0 Å². The number of carboxylic acid groups (broad SMARTS) is 1. The first-order valence-corrected chi connectivity index (χ1v) is 10.2. The maximum atomic E-state index is 13.6. The van der Waals surface area contributed by atoms with Gasteiger partial charge in [0.1, 0.15) is 5.65 Å². The summed E-state index contributed by atoms with van der Waals surface area (Å²) in [5.74, 6) is -1.08. The fourth-order valence-electron chi connectivity index (χ4n) is 3.13. The Balaban J connectivity index is 2.19. The zero-order valence-corrected chi connectivity index (χ0v) is 16.2. The number of aromatic nitrogens is 3. The minimum absolute atomic E-state index is 0.312. The summed E-state index contributed by atoms with van der Waals surface area (Å²) in [4.78, 5) is 18.6. The molecule has 7 nitrogen and oxygen atoms in total. The Labute approximate surface area is 163 Å². The molecule has 0 spiro atoms. The van der Waals surface area contributed by atoms with E-state index in [-0.39, 0.29) is 13.0 Å². The summed E-state index contributed by atoms with van der Waals surface area (Å²) in [6.45, 7) is 1.25. The SMILES string of the molecule is Cc1c(CC(=O)O)c2cccnc2n1Cc1ncc(S(C)(=O)=O)cc1C(F)(F)F. The first-order valence-electron chi connectivity index (χ1n) is 8.30. The standard InChI is InChI=1S/C18H16F3N3O4S/c1-10-13(7-16(25)26)12-4-3-5-22-17(12)24(10)9-15-14(18(19,20)21)6-11(8-23-15)29(2,27)28/h3-6,8H,7,9H2,1-2H3,(H,25,26). The predicted molar refractivity (Wildman–Crippen MR) is 97.3 cm³/mol. The molecule has 0 saturated heterocycles. The highest BCUT2D eigenvalue weighted by Crippen LogP contribution is 2.34. The number of fused-ring (bicyclic) bond motifs is 1. The van der Waals surface area contributed by atoms with Crippen LogP contribution in [0.1, 0.15) is 22.5 Å². The van der Waals surface area contributed by atoms with Gasteiger partial charge in [0.05, 0.1) is 29.1 Å². The molecule has 0 fully saturated rings. The van der Waals surface area contributed by atoms with Crippen LogP contribution in [0.25, 0.3) is 11.0 Å². The molecule has 3 aromatic heterocycles. The molecule has 0 radical (unpaired) electrons. The van der Waals surface area contributed by atoms with Crippen LogP contribution >= 0.6 is 0 Å². The summed E-state index contributed by atoms with van der Waals surface area (Å²) < 4.78 is 65.4. The molecule has 0 atom stereocenters. The largest absolute Gasteiger partial charge is 0.481 e. The first-order chi connectivity index (χ1) is 13.4. The summed E-state index contributed by atoms with van der Waals surface area (Å²) in [5, 5.41) is 9.68. The third kappa shape index (κ3) is 4.09. The Hall–Kier alpha value is -2.95. The summed E-state index contributed by atoms with van der Waals surface area (Å²) in [6, 6.07) is 3.82. The van der Waals surface area contributed by atoms with Crippen LogP contribution in [0, 0.1) is 6.92 Å². The van der Waals surface area contributed by atoms with Gasteiger partial charge in [-0.3, -0.25) is 9.78 Å². The number of hydrogen-bond acceptors (Lipinski definition) is 5. The van der Waals surface area contributed by atoms with Gasteiger partial charge in [-0.1, -0.05) is 0 Å². The molecule has 3 rings (SSSR count). The molecule has 0 amide bonds. The van der Waals surface area contributed by atoms with Gasteiger partial charge in [0.25, 0.3) is 0 Å². The van der Waals surface area contributed by atoms with E-state index in [0.717, 1.165) is 12.5 Å². The van der Waals surface area contributed by atoms with Gasteiger partial charge in [0.2, 0.25) is 0 Å². The molecular weight excluding hydrogens is 411 g/mol. The first kappa shape index (κ1) is 20.8. The number of rotatable bonds is 5. The van der Waals surface area contributed by atoms with Crippen molar-refractivity contribution in [3.05, 3.63) is 53.1 Å². The van der Waals surface area contributed by atoms with Crippen LogP contribution in [-0.4, -0.2) is 40.3 Å². The highest BCUT2D eigenvalue weighted by Gasteiger charge is 2.35. The number of pyridine rings is 2. The van der Waals surface area contributed by atoms with E-state index < -0.39 is 38.1 Å². The van der Waals surface area contributed by atoms with Crippen molar-refractivity contribution in [3.63, 3.8) is 0 Å². The zero-order chi connectivity index (χ0) is 21.6. The molecule has 0 saturated carbocycles. The fraction of sp³-hybridized carbons (Fsp3) is 0.278. The summed E-state index contributed by atoms with van der Waals surface area (Å²) in [6.07, 6.45) is -2.00. The molecule has 0 unspecified atom stereocenters. The van der Waals surface area contributed by atoms with Crippen LogP contribution in [0.3, 0.4) is 0 Å². The molecule has 154 valence electrons. The average molecular weight is 427 g/mol. The van der Waals surface area contributed by atoms with E-state index in [1.807, 2.05) is 0 Å². The minimum atomic E-state index is -4.82. The van der Waals surface area contributed by atoms with E-state index in [9.17, 15) is 26.4 Å². The summed E-state index contributed by atoms with van der Waals surface area (Å²) in [5.41, 5.74) is -0.344. The second kappa shape index (κ2) is 7.14. The maximum absolute atomic E-state index is 13.6. The molecule has 0 aliphatic rings. The van der Waals surface area contributed by atoms with E-state index in [1.165, 1.54) is 10.8 Å². The monoisotopic (exact) mass is 427 g/mol. The number of sulfone groups is 1. The van der Waals surface area contributed by atoms with Crippen molar-refractivity contribution < 1.29 is 31.5 Å². The number of carboxylic acids is 1. The van der Waals surface area contributed by atoms with Crippen LogP contribution in [0.15, 0.2) is 35.5 Å². The maximum Gasteiger partial charge on any atom is 0.418 e. The molecular formula is C18H16F3N3O4S. The van der Waals surface area contributed by atoms with Gasteiger partial charge in [-0.2, -0.15) is 13.2 Å². The number of hydrogen-bond donors (Lipinski definition) is 1. The second-order valence-corrected chi connectivity index (χ2v) is 8.55. The van der Waals surface area contributed by atoms with Crippen molar-refractivity contribution in [1.82, 2.24) is 14.5 Å². The van der Waals surface area contributed by atoms with Crippen molar-refractivity contribution in [2.24, 2.45) is 0 Å². The third-order valence-electron chi connectivity index (χ3n) is 4.52. The van der Waals surface area contributed by atoms with Gasteiger partial charge in [-0.25, -0.2) is 13.4 Å². The Bertz CT molecular complexity index is 1220. The summed E-state index contributed by atoms with van der Waals surface area (Å²) >= 11 is 0. The minimum Gasteiger partial charge on any atom is -0.481 e. The number of nitrogens with zero attached hydrogens (tertiary/aromatic N) is 3. The van der Waals surface area contributed by atoms with Crippen molar-refractivity contribution >= 4 is 26.8 Å². The van der Waals surface area contributed by atoms with E-state index >= 15 is 0 Å². The Kier molecular flexibility index (Phi) is 5.11. The topological polar surface area (TPSA) is 102 Å². The molecule has 0 aromatic carbocycles. The van der Waals surface area contributed by atoms with Gasteiger partial charge < -0.3 is 9.67 Å². The lowest BCUT2D eigenvalue weighted by molar-refractivity contribution is -0.139. The van der Waals surface area contributed by atoms with E-state index in [2.05, 4.69) is 9.97 Å². The van der Waals surface area contributed by atoms with Gasteiger partial charge in [-0.05, 0) is 30.7 Å². The quantitative estimate of drug-likeness (QED) is 0.672. The lowest BCUT2D eigenvalue weighted by Crippen LogP contribution is -2.16. The van der Waals surface area contributed by atoms with Crippen molar-refractivity contribution in [2.45, 2.75) is 31.0 Å². The third-order valence-corrected chi connectivity index (χ3v) is 5.60. The van der Waals surface area contributed by atoms with Crippen LogP contribution in [0.4, 0.5) is 13.2 Å². The van der Waals surface area contributed by atoms with E-state index in [0.29, 0.717) is 28.4 Å². The van der Waals surface area contributed by atoms with Crippen molar-refractivity contribution in [3.8, 4) is 0 Å².